The lowest BCUT2D eigenvalue weighted by Crippen LogP contribution is -1.99. The minimum atomic E-state index is -0.997. The molecule has 1 rings (SSSR count). The van der Waals surface area contributed by atoms with E-state index in [9.17, 15) is 4.79 Å². The van der Waals surface area contributed by atoms with Gasteiger partial charge in [0.1, 0.15) is 12.4 Å². The van der Waals surface area contributed by atoms with Crippen molar-refractivity contribution in [3.8, 4) is 18.1 Å². The lowest BCUT2D eigenvalue weighted by Gasteiger charge is -2.05. The molecule has 72 valence electrons. The van der Waals surface area contributed by atoms with Crippen molar-refractivity contribution in [3.63, 3.8) is 0 Å². The van der Waals surface area contributed by atoms with Gasteiger partial charge in [-0.15, -0.1) is 6.42 Å². The van der Waals surface area contributed by atoms with Gasteiger partial charge in [-0.25, -0.2) is 4.79 Å². The van der Waals surface area contributed by atoms with E-state index in [1.54, 1.807) is 6.07 Å². The number of halogens is 1. The van der Waals surface area contributed by atoms with Gasteiger partial charge >= 0.3 is 5.97 Å². The summed E-state index contributed by atoms with van der Waals surface area (Å²) in [4.78, 5) is 10.6. The Morgan fingerprint density at radius 3 is 2.93 bits per heavy atom. The first-order chi connectivity index (χ1) is 6.65. The number of hydrogen-bond acceptors (Lipinski definition) is 2. The first-order valence-electron chi connectivity index (χ1n) is 3.74. The van der Waals surface area contributed by atoms with Crippen molar-refractivity contribution in [1.82, 2.24) is 0 Å². The summed E-state index contributed by atoms with van der Waals surface area (Å²) in [6.07, 6.45) is 5.02. The average Bonchev–Trinajstić information content (AvgIpc) is 2.16. The van der Waals surface area contributed by atoms with Gasteiger partial charge in [0.05, 0.1) is 10.0 Å². The Kier molecular flexibility index (Phi) is 3.55. The molecule has 0 radical (unpaired) electrons. The van der Waals surface area contributed by atoms with Gasteiger partial charge in [-0.05, 0) is 34.1 Å². The number of aromatic carboxylic acids is 1. The van der Waals surface area contributed by atoms with Crippen LogP contribution in [0.5, 0.6) is 5.75 Å². The molecule has 0 saturated heterocycles. The van der Waals surface area contributed by atoms with Crippen LogP contribution in [0.15, 0.2) is 22.7 Å². The van der Waals surface area contributed by atoms with Crippen molar-refractivity contribution < 1.29 is 14.6 Å². The number of terminal acetylenes is 1. The number of benzene rings is 1. The van der Waals surface area contributed by atoms with Crippen LogP contribution in [0.3, 0.4) is 0 Å². The number of ether oxygens (including phenoxy) is 1. The molecule has 0 aliphatic carbocycles. The van der Waals surface area contributed by atoms with Crippen molar-refractivity contribution in [2.75, 3.05) is 6.61 Å². The zero-order chi connectivity index (χ0) is 10.6. The summed E-state index contributed by atoms with van der Waals surface area (Å²) in [7, 11) is 0. The Balaban J connectivity index is 2.97. The SMILES string of the molecule is C#CCOc1cc(C(=O)O)ccc1Br. The molecule has 0 fully saturated rings. The smallest absolute Gasteiger partial charge is 0.335 e. The first kappa shape index (κ1) is 10.6. The summed E-state index contributed by atoms with van der Waals surface area (Å²) in [5, 5.41) is 8.71. The van der Waals surface area contributed by atoms with Crippen LogP contribution in [-0.4, -0.2) is 17.7 Å². The fourth-order valence-corrected chi connectivity index (χ4v) is 1.23. The number of hydrogen-bond donors (Lipinski definition) is 1. The Bertz CT molecular complexity index is 393. The molecule has 0 aliphatic rings. The molecular formula is C10H7BrO3. The van der Waals surface area contributed by atoms with Gasteiger partial charge in [0, 0.05) is 0 Å². The summed E-state index contributed by atoms with van der Waals surface area (Å²) in [6.45, 7) is 0.113. The normalized spacial score (nSPS) is 9.14. The molecule has 0 amide bonds. The third kappa shape index (κ3) is 2.51. The van der Waals surface area contributed by atoms with E-state index in [0.29, 0.717) is 10.2 Å². The van der Waals surface area contributed by atoms with Crippen LogP contribution >= 0.6 is 15.9 Å². The molecule has 0 bridgehead atoms. The van der Waals surface area contributed by atoms with Crippen molar-refractivity contribution in [2.45, 2.75) is 0 Å². The monoisotopic (exact) mass is 254 g/mol. The molecule has 0 unspecified atom stereocenters. The number of carboxylic acids is 1. The lowest BCUT2D eigenvalue weighted by atomic mass is 10.2. The summed E-state index contributed by atoms with van der Waals surface area (Å²) >= 11 is 3.22. The summed E-state index contributed by atoms with van der Waals surface area (Å²) in [5.41, 5.74) is 0.167. The molecule has 4 heteroatoms. The molecule has 0 atom stereocenters. The van der Waals surface area contributed by atoms with Crippen LogP contribution in [0, 0.1) is 12.3 Å². The zero-order valence-corrected chi connectivity index (χ0v) is 8.74. The maximum atomic E-state index is 10.6. The highest BCUT2D eigenvalue weighted by molar-refractivity contribution is 9.10. The summed E-state index contributed by atoms with van der Waals surface area (Å²) < 4.78 is 5.81. The molecule has 14 heavy (non-hydrogen) atoms. The lowest BCUT2D eigenvalue weighted by molar-refractivity contribution is 0.0696. The Labute approximate surface area is 89.8 Å². The van der Waals surface area contributed by atoms with Gasteiger partial charge < -0.3 is 9.84 Å². The molecular weight excluding hydrogens is 248 g/mol. The van der Waals surface area contributed by atoms with E-state index < -0.39 is 5.97 Å². The van der Waals surface area contributed by atoms with E-state index in [0.717, 1.165) is 0 Å². The van der Waals surface area contributed by atoms with Crippen LogP contribution in [0.2, 0.25) is 0 Å². The third-order valence-corrected chi connectivity index (χ3v) is 2.14. The molecule has 1 aromatic carbocycles. The zero-order valence-electron chi connectivity index (χ0n) is 7.16. The highest BCUT2D eigenvalue weighted by Gasteiger charge is 2.07. The van der Waals surface area contributed by atoms with E-state index in [-0.39, 0.29) is 12.2 Å². The van der Waals surface area contributed by atoms with Crippen molar-refractivity contribution in [1.29, 1.82) is 0 Å². The van der Waals surface area contributed by atoms with Crippen LogP contribution in [0.4, 0.5) is 0 Å². The van der Waals surface area contributed by atoms with E-state index >= 15 is 0 Å². The number of rotatable bonds is 3. The highest BCUT2D eigenvalue weighted by atomic mass is 79.9. The van der Waals surface area contributed by atoms with Crippen molar-refractivity contribution >= 4 is 21.9 Å². The highest BCUT2D eigenvalue weighted by Crippen LogP contribution is 2.25. The average molecular weight is 255 g/mol. The van der Waals surface area contributed by atoms with E-state index in [1.165, 1.54) is 12.1 Å². The van der Waals surface area contributed by atoms with Gasteiger partial charge in [-0.2, -0.15) is 0 Å². The number of carbonyl (C=O) groups is 1. The second kappa shape index (κ2) is 4.68. The second-order valence-corrected chi connectivity index (χ2v) is 3.30. The fourth-order valence-electron chi connectivity index (χ4n) is 0.866. The molecule has 0 aliphatic heterocycles. The third-order valence-electron chi connectivity index (χ3n) is 1.49. The van der Waals surface area contributed by atoms with Gasteiger partial charge in [0.25, 0.3) is 0 Å². The molecule has 1 N–H and O–H groups in total. The summed E-state index contributed by atoms with van der Waals surface area (Å²) in [6, 6.07) is 4.51. The first-order valence-corrected chi connectivity index (χ1v) is 4.53. The van der Waals surface area contributed by atoms with Gasteiger partial charge in [-0.3, -0.25) is 0 Å². The van der Waals surface area contributed by atoms with Gasteiger partial charge in [-0.1, -0.05) is 5.92 Å². The molecule has 3 nitrogen and oxygen atoms in total. The molecule has 0 aromatic heterocycles. The van der Waals surface area contributed by atoms with E-state index in [4.69, 9.17) is 16.3 Å². The predicted octanol–water partition coefficient (Wildman–Crippen LogP) is 2.16. The van der Waals surface area contributed by atoms with Crippen molar-refractivity contribution in [3.05, 3.63) is 28.2 Å². The van der Waals surface area contributed by atoms with Gasteiger partial charge in [0.15, 0.2) is 0 Å². The second-order valence-electron chi connectivity index (χ2n) is 2.44. The largest absolute Gasteiger partial charge is 0.480 e. The topological polar surface area (TPSA) is 46.5 Å². The number of carboxylic acid groups (broad SMARTS) is 1. The summed E-state index contributed by atoms with van der Waals surface area (Å²) in [5.74, 6) is 1.74. The fraction of sp³-hybridized carbons (Fsp3) is 0.100. The minimum absolute atomic E-state index is 0.113. The maximum Gasteiger partial charge on any atom is 0.335 e. The molecule has 0 saturated carbocycles. The predicted molar refractivity (Wildman–Crippen MR) is 55.4 cm³/mol. The minimum Gasteiger partial charge on any atom is -0.480 e. The van der Waals surface area contributed by atoms with Crippen LogP contribution < -0.4 is 4.74 Å². The molecule has 0 heterocycles. The van der Waals surface area contributed by atoms with Crippen LogP contribution in [0.25, 0.3) is 0 Å². The quantitative estimate of drug-likeness (QED) is 0.842. The van der Waals surface area contributed by atoms with Crippen molar-refractivity contribution in [2.24, 2.45) is 0 Å². The van der Waals surface area contributed by atoms with Crippen LogP contribution in [-0.2, 0) is 0 Å². The molecule has 1 aromatic rings. The van der Waals surface area contributed by atoms with E-state index in [2.05, 4.69) is 21.9 Å². The van der Waals surface area contributed by atoms with E-state index in [1.807, 2.05) is 0 Å². The standard InChI is InChI=1S/C10H7BrO3/c1-2-5-14-9-6-7(10(12)13)3-4-8(9)11/h1,3-4,6H,5H2,(H,12,13). The Hall–Kier alpha value is -1.47. The van der Waals surface area contributed by atoms with Crippen LogP contribution in [0.1, 0.15) is 10.4 Å². The maximum absolute atomic E-state index is 10.6. The molecule has 0 spiro atoms. The Morgan fingerprint density at radius 2 is 2.36 bits per heavy atom. The van der Waals surface area contributed by atoms with Gasteiger partial charge in [0.2, 0.25) is 0 Å². The Morgan fingerprint density at radius 1 is 1.64 bits per heavy atom.